The minimum atomic E-state index is 0.661. The molecule has 0 aliphatic heterocycles. The second kappa shape index (κ2) is 2.14. The van der Waals surface area contributed by atoms with Gasteiger partial charge in [0.05, 0.1) is 0 Å². The summed E-state index contributed by atoms with van der Waals surface area (Å²) in [5, 5.41) is 0. The Balaban J connectivity index is 2.35. The van der Waals surface area contributed by atoms with Gasteiger partial charge in [0.2, 0.25) is 0 Å². The Hall–Kier alpha value is -0.300. The van der Waals surface area contributed by atoms with Crippen LogP contribution in [0.2, 0.25) is 0 Å². The Morgan fingerprint density at radius 3 is 2.22 bits per heavy atom. The zero-order chi connectivity index (χ0) is 7.02. The van der Waals surface area contributed by atoms with Crippen molar-refractivity contribution in [1.29, 1.82) is 0 Å². The van der Waals surface area contributed by atoms with Crippen LogP contribution in [-0.4, -0.2) is 24.0 Å². The van der Waals surface area contributed by atoms with Crippen molar-refractivity contribution in [3.8, 4) is 0 Å². The van der Waals surface area contributed by atoms with Gasteiger partial charge < -0.3 is 0 Å². The van der Waals surface area contributed by atoms with Gasteiger partial charge in [-0.3, -0.25) is 4.90 Å². The van der Waals surface area contributed by atoms with Crippen LogP contribution >= 0.6 is 0 Å². The third kappa shape index (κ3) is 1.33. The Morgan fingerprint density at radius 1 is 1.67 bits per heavy atom. The van der Waals surface area contributed by atoms with E-state index in [9.17, 15) is 0 Å². The van der Waals surface area contributed by atoms with E-state index in [1.54, 1.807) is 0 Å². The fraction of sp³-hybridized carbons (Fsp3) is 0.750. The summed E-state index contributed by atoms with van der Waals surface area (Å²) in [6, 6.07) is 1.36. The van der Waals surface area contributed by atoms with Gasteiger partial charge in [-0.25, -0.2) is 0 Å². The molecule has 1 saturated carbocycles. The highest BCUT2D eigenvalue weighted by atomic mass is 15.2. The molecule has 0 amide bonds. The number of rotatable bonds is 2. The average Bonchev–Trinajstić information content (AvgIpc) is 2.44. The van der Waals surface area contributed by atoms with E-state index in [1.807, 2.05) is 0 Å². The van der Waals surface area contributed by atoms with Crippen LogP contribution in [0.5, 0.6) is 0 Å². The van der Waals surface area contributed by atoms with E-state index in [1.165, 1.54) is 12.0 Å². The lowest BCUT2D eigenvalue weighted by Gasteiger charge is -2.19. The van der Waals surface area contributed by atoms with Gasteiger partial charge in [0.1, 0.15) is 0 Å². The Labute approximate surface area is 57.4 Å². The molecular formula is C8H15N. The predicted octanol–water partition coefficient (Wildman–Crippen LogP) is 1.66. The van der Waals surface area contributed by atoms with Crippen LogP contribution < -0.4 is 0 Å². The largest absolute Gasteiger partial charge is 0.297 e. The van der Waals surface area contributed by atoms with Gasteiger partial charge in [0, 0.05) is 12.1 Å². The van der Waals surface area contributed by atoms with Crippen molar-refractivity contribution in [2.75, 3.05) is 7.05 Å². The normalized spacial score (nSPS) is 25.9. The van der Waals surface area contributed by atoms with Gasteiger partial charge in [-0.2, -0.15) is 0 Å². The smallest absolute Gasteiger partial charge is 0.0342 e. The lowest BCUT2D eigenvalue weighted by molar-refractivity contribution is 0.271. The summed E-state index contributed by atoms with van der Waals surface area (Å²) in [6.07, 6.45) is 1.22. The van der Waals surface area contributed by atoms with Gasteiger partial charge in [-0.05, 0) is 27.3 Å². The molecule has 1 aliphatic carbocycles. The zero-order valence-electron chi connectivity index (χ0n) is 6.52. The maximum Gasteiger partial charge on any atom is 0.0342 e. The molecule has 52 valence electrons. The van der Waals surface area contributed by atoms with E-state index in [-0.39, 0.29) is 0 Å². The molecule has 9 heavy (non-hydrogen) atoms. The van der Waals surface area contributed by atoms with Gasteiger partial charge in [-0.1, -0.05) is 12.2 Å². The molecule has 0 saturated heterocycles. The van der Waals surface area contributed by atoms with E-state index in [4.69, 9.17) is 0 Å². The summed E-state index contributed by atoms with van der Waals surface area (Å²) in [4.78, 5) is 2.36. The van der Waals surface area contributed by atoms with E-state index in [0.717, 1.165) is 0 Å². The number of hydrogen-bond acceptors (Lipinski definition) is 1. The summed E-state index contributed by atoms with van der Waals surface area (Å²) >= 11 is 0. The molecule has 0 radical (unpaired) electrons. The third-order valence-electron chi connectivity index (χ3n) is 2.07. The van der Waals surface area contributed by atoms with Gasteiger partial charge >= 0.3 is 0 Å². The van der Waals surface area contributed by atoms with E-state index in [2.05, 4.69) is 32.4 Å². The van der Waals surface area contributed by atoms with Crippen molar-refractivity contribution >= 4 is 0 Å². The number of nitrogens with zero attached hydrogens (tertiary/aromatic N) is 1. The molecule has 1 rings (SSSR count). The SMILES string of the molecule is C=C1CC1N(C)C(C)C. The highest BCUT2D eigenvalue weighted by molar-refractivity contribution is 5.24. The van der Waals surface area contributed by atoms with E-state index < -0.39 is 0 Å². The first-order valence-electron chi connectivity index (χ1n) is 3.52. The summed E-state index contributed by atoms with van der Waals surface area (Å²) in [7, 11) is 2.16. The Morgan fingerprint density at radius 2 is 2.11 bits per heavy atom. The molecule has 1 aliphatic rings. The number of likely N-dealkylation sites (N-methyl/N-ethyl adjacent to an activating group) is 1. The van der Waals surface area contributed by atoms with Crippen LogP contribution in [0.25, 0.3) is 0 Å². The Bertz CT molecular complexity index is 127. The minimum Gasteiger partial charge on any atom is -0.297 e. The molecule has 1 fully saturated rings. The molecule has 1 nitrogen and oxygen atoms in total. The first kappa shape index (κ1) is 6.81. The maximum absolute atomic E-state index is 3.91. The summed E-state index contributed by atoms with van der Waals surface area (Å²) in [5.74, 6) is 0. The van der Waals surface area contributed by atoms with Crippen molar-refractivity contribution in [2.45, 2.75) is 32.4 Å². The molecule has 0 aromatic carbocycles. The molecule has 1 unspecified atom stereocenters. The van der Waals surface area contributed by atoms with Gasteiger partial charge in [0.25, 0.3) is 0 Å². The molecule has 0 bridgehead atoms. The molecule has 1 atom stereocenters. The summed E-state index contributed by atoms with van der Waals surface area (Å²) < 4.78 is 0. The van der Waals surface area contributed by atoms with E-state index >= 15 is 0 Å². The van der Waals surface area contributed by atoms with Gasteiger partial charge in [-0.15, -0.1) is 0 Å². The minimum absolute atomic E-state index is 0.661. The molecule has 0 heterocycles. The van der Waals surface area contributed by atoms with Crippen molar-refractivity contribution in [1.82, 2.24) is 4.90 Å². The first-order chi connectivity index (χ1) is 4.13. The molecular weight excluding hydrogens is 110 g/mol. The van der Waals surface area contributed by atoms with E-state index in [0.29, 0.717) is 12.1 Å². The zero-order valence-corrected chi connectivity index (χ0v) is 6.52. The van der Waals surface area contributed by atoms with Crippen molar-refractivity contribution in [3.63, 3.8) is 0 Å². The molecule has 0 aromatic heterocycles. The topological polar surface area (TPSA) is 3.24 Å². The quantitative estimate of drug-likeness (QED) is 0.507. The van der Waals surface area contributed by atoms with Crippen LogP contribution in [0.1, 0.15) is 20.3 Å². The standard InChI is InChI=1S/C8H15N/c1-6(2)9(4)8-5-7(8)3/h6,8H,3,5H2,1-2,4H3. The lowest BCUT2D eigenvalue weighted by atomic mass is 10.3. The Kier molecular flexibility index (Phi) is 1.62. The third-order valence-corrected chi connectivity index (χ3v) is 2.07. The molecule has 0 N–H and O–H groups in total. The van der Waals surface area contributed by atoms with Crippen molar-refractivity contribution in [3.05, 3.63) is 12.2 Å². The lowest BCUT2D eigenvalue weighted by Crippen LogP contribution is -2.28. The average molecular weight is 125 g/mol. The summed E-state index contributed by atoms with van der Waals surface area (Å²) in [6.45, 7) is 8.34. The summed E-state index contributed by atoms with van der Waals surface area (Å²) in [5.41, 5.74) is 1.39. The van der Waals surface area contributed by atoms with Crippen molar-refractivity contribution in [2.24, 2.45) is 0 Å². The monoisotopic (exact) mass is 125 g/mol. The fourth-order valence-electron chi connectivity index (χ4n) is 0.981. The van der Waals surface area contributed by atoms with Crippen LogP contribution in [-0.2, 0) is 0 Å². The molecule has 0 aromatic rings. The second-order valence-electron chi connectivity index (χ2n) is 3.14. The molecule has 0 spiro atoms. The highest BCUT2D eigenvalue weighted by Gasteiger charge is 2.32. The highest BCUT2D eigenvalue weighted by Crippen LogP contribution is 2.32. The number of hydrogen-bond donors (Lipinski definition) is 0. The van der Waals surface area contributed by atoms with Crippen LogP contribution in [0.4, 0.5) is 0 Å². The van der Waals surface area contributed by atoms with Gasteiger partial charge in [0.15, 0.2) is 0 Å². The van der Waals surface area contributed by atoms with Crippen LogP contribution in [0.3, 0.4) is 0 Å². The maximum atomic E-state index is 3.91. The first-order valence-corrected chi connectivity index (χ1v) is 3.52. The predicted molar refractivity (Wildman–Crippen MR) is 40.4 cm³/mol. The van der Waals surface area contributed by atoms with Crippen LogP contribution in [0, 0.1) is 0 Å². The fourth-order valence-corrected chi connectivity index (χ4v) is 0.981. The molecule has 1 heteroatoms. The van der Waals surface area contributed by atoms with Crippen molar-refractivity contribution < 1.29 is 0 Å². The second-order valence-corrected chi connectivity index (χ2v) is 3.14. The van der Waals surface area contributed by atoms with Crippen LogP contribution in [0.15, 0.2) is 12.2 Å².